The van der Waals surface area contributed by atoms with E-state index in [0.29, 0.717) is 19.5 Å². The van der Waals surface area contributed by atoms with Gasteiger partial charge in [0.25, 0.3) is 6.47 Å². The number of carbonyl (C=O) groups excluding carboxylic acids is 1. The summed E-state index contributed by atoms with van der Waals surface area (Å²) in [6.45, 7) is 9.41. The average molecular weight is 344 g/mol. The second kappa shape index (κ2) is 11.5. The highest BCUT2D eigenvalue weighted by Gasteiger charge is 2.20. The Morgan fingerprint density at radius 1 is 1.00 bits per heavy atom. The summed E-state index contributed by atoms with van der Waals surface area (Å²) in [4.78, 5) is 20.8. The highest BCUT2D eigenvalue weighted by atomic mass is 16.5. The van der Waals surface area contributed by atoms with Crippen molar-refractivity contribution in [2.75, 3.05) is 6.61 Å². The van der Waals surface area contributed by atoms with E-state index >= 15 is 0 Å². The third kappa shape index (κ3) is 13.3. The molecule has 0 aromatic carbocycles. The first-order valence-corrected chi connectivity index (χ1v) is 9.03. The zero-order valence-corrected chi connectivity index (χ0v) is 15.8. The van der Waals surface area contributed by atoms with E-state index in [2.05, 4.69) is 27.7 Å². The number of carboxylic acid groups (broad SMARTS) is 1. The van der Waals surface area contributed by atoms with Gasteiger partial charge in [0.05, 0.1) is 12.7 Å². The molecule has 0 aromatic heterocycles. The third-order valence-corrected chi connectivity index (χ3v) is 4.76. The van der Waals surface area contributed by atoms with Gasteiger partial charge < -0.3 is 14.9 Å². The van der Waals surface area contributed by atoms with Crippen LogP contribution in [0.3, 0.4) is 0 Å². The van der Waals surface area contributed by atoms with E-state index in [1.165, 1.54) is 0 Å². The molecule has 0 aliphatic rings. The largest absolute Gasteiger partial charge is 0.481 e. The molecular weight excluding hydrogens is 308 g/mol. The van der Waals surface area contributed by atoms with Gasteiger partial charge in [-0.3, -0.25) is 9.59 Å². The van der Waals surface area contributed by atoms with E-state index in [0.717, 1.165) is 44.9 Å². The van der Waals surface area contributed by atoms with Crippen LogP contribution in [0.5, 0.6) is 0 Å². The van der Waals surface area contributed by atoms with Crippen molar-refractivity contribution >= 4 is 12.4 Å². The Bertz CT molecular complexity index is 363. The maximum atomic E-state index is 10.6. The summed E-state index contributed by atoms with van der Waals surface area (Å²) < 4.78 is 4.75. The van der Waals surface area contributed by atoms with Crippen molar-refractivity contribution in [3.8, 4) is 0 Å². The lowest BCUT2D eigenvalue weighted by Crippen LogP contribution is -2.17. The molecule has 0 aliphatic carbocycles. The van der Waals surface area contributed by atoms with Gasteiger partial charge in [-0.25, -0.2) is 0 Å². The lowest BCUT2D eigenvalue weighted by Gasteiger charge is -2.25. The van der Waals surface area contributed by atoms with E-state index < -0.39 is 5.97 Å². The van der Waals surface area contributed by atoms with Crippen LogP contribution in [0.1, 0.15) is 85.5 Å². The molecule has 0 bridgehead atoms. The smallest absolute Gasteiger partial charge is 0.303 e. The number of hydrogen-bond donors (Lipinski definition) is 2. The first kappa shape index (κ1) is 22.9. The Labute approximate surface area is 146 Å². The number of rotatable bonds is 15. The van der Waals surface area contributed by atoms with Crippen molar-refractivity contribution in [2.24, 2.45) is 10.8 Å². The molecule has 0 rings (SSSR count). The standard InChI is InChI=1S/C19H36O5/c1-18(2,12-9-17(22)23)10-5-7-16(21)8-6-11-19(3,4)13-14-24-15-20/h15-16,21H,5-14H2,1-4H3,(H,22,23). The molecule has 0 spiro atoms. The molecule has 0 radical (unpaired) electrons. The fourth-order valence-electron chi connectivity index (χ4n) is 2.86. The summed E-state index contributed by atoms with van der Waals surface area (Å²) >= 11 is 0. The third-order valence-electron chi connectivity index (χ3n) is 4.76. The minimum atomic E-state index is -0.746. The zero-order valence-electron chi connectivity index (χ0n) is 15.8. The van der Waals surface area contributed by atoms with Crippen LogP contribution < -0.4 is 0 Å². The van der Waals surface area contributed by atoms with Crippen LogP contribution in [0, 0.1) is 10.8 Å². The number of aliphatic hydroxyl groups excluding tert-OH is 1. The van der Waals surface area contributed by atoms with Crippen molar-refractivity contribution in [1.82, 2.24) is 0 Å². The predicted octanol–water partition coefficient (Wildman–Crippen LogP) is 4.17. The molecule has 5 heteroatoms. The van der Waals surface area contributed by atoms with Gasteiger partial charge in [0, 0.05) is 6.42 Å². The molecule has 0 heterocycles. The lowest BCUT2D eigenvalue weighted by molar-refractivity contribution is -0.137. The molecule has 0 aromatic rings. The van der Waals surface area contributed by atoms with Crippen molar-refractivity contribution < 1.29 is 24.5 Å². The molecule has 2 N–H and O–H groups in total. The molecular formula is C19H36O5. The van der Waals surface area contributed by atoms with Crippen LogP contribution >= 0.6 is 0 Å². The van der Waals surface area contributed by atoms with Crippen LogP contribution in [0.4, 0.5) is 0 Å². The first-order valence-electron chi connectivity index (χ1n) is 9.03. The Morgan fingerprint density at radius 2 is 1.50 bits per heavy atom. The van der Waals surface area contributed by atoms with E-state index in [1.807, 2.05) is 0 Å². The van der Waals surface area contributed by atoms with Gasteiger partial charge in [-0.2, -0.15) is 0 Å². The molecule has 0 amide bonds. The van der Waals surface area contributed by atoms with Crippen molar-refractivity contribution in [3.05, 3.63) is 0 Å². The summed E-state index contributed by atoms with van der Waals surface area (Å²) in [5, 5.41) is 18.9. The zero-order chi connectivity index (χ0) is 18.6. The van der Waals surface area contributed by atoms with Gasteiger partial charge in [-0.05, 0) is 49.4 Å². The van der Waals surface area contributed by atoms with Crippen LogP contribution in [-0.2, 0) is 14.3 Å². The van der Waals surface area contributed by atoms with Gasteiger partial charge in [0.1, 0.15) is 0 Å². The summed E-state index contributed by atoms with van der Waals surface area (Å²) in [6.07, 6.45) is 6.79. The molecule has 0 saturated carbocycles. The average Bonchev–Trinajstić information content (AvgIpc) is 2.45. The Kier molecular flexibility index (Phi) is 10.9. The number of carbonyl (C=O) groups is 2. The molecule has 0 fully saturated rings. The minimum absolute atomic E-state index is 0.0126. The van der Waals surface area contributed by atoms with Gasteiger partial charge in [0.15, 0.2) is 0 Å². The fraction of sp³-hybridized carbons (Fsp3) is 0.895. The molecule has 1 atom stereocenters. The molecule has 5 nitrogen and oxygen atoms in total. The highest BCUT2D eigenvalue weighted by Crippen LogP contribution is 2.30. The van der Waals surface area contributed by atoms with Crippen molar-refractivity contribution in [2.45, 2.75) is 91.6 Å². The summed E-state index contributed by atoms with van der Waals surface area (Å²) in [5.74, 6) is -0.746. The van der Waals surface area contributed by atoms with E-state index in [9.17, 15) is 14.7 Å². The van der Waals surface area contributed by atoms with Crippen LogP contribution in [0.25, 0.3) is 0 Å². The van der Waals surface area contributed by atoms with Crippen LogP contribution in [0.15, 0.2) is 0 Å². The predicted molar refractivity (Wildman–Crippen MR) is 94.8 cm³/mol. The summed E-state index contributed by atoms with van der Waals surface area (Å²) in [7, 11) is 0. The quantitative estimate of drug-likeness (QED) is 0.344. The Hall–Kier alpha value is -1.10. The molecule has 142 valence electrons. The lowest BCUT2D eigenvalue weighted by atomic mass is 9.81. The minimum Gasteiger partial charge on any atom is -0.481 e. The van der Waals surface area contributed by atoms with Gasteiger partial charge in [0.2, 0.25) is 0 Å². The SMILES string of the molecule is CC(C)(CCCC(O)CCCC(C)(C)CCC(=O)O)CCOC=O. The van der Waals surface area contributed by atoms with Gasteiger partial charge in [-0.1, -0.05) is 40.5 Å². The van der Waals surface area contributed by atoms with Crippen LogP contribution in [-0.4, -0.2) is 35.4 Å². The first-order chi connectivity index (χ1) is 11.1. The van der Waals surface area contributed by atoms with E-state index in [4.69, 9.17) is 9.84 Å². The number of aliphatic carboxylic acids is 1. The second-order valence-electron chi connectivity index (χ2n) is 8.38. The Morgan fingerprint density at radius 3 is 1.96 bits per heavy atom. The molecule has 24 heavy (non-hydrogen) atoms. The monoisotopic (exact) mass is 344 g/mol. The topological polar surface area (TPSA) is 83.8 Å². The van der Waals surface area contributed by atoms with Crippen molar-refractivity contribution in [1.29, 1.82) is 0 Å². The number of carboxylic acids is 1. The number of hydrogen-bond acceptors (Lipinski definition) is 4. The summed E-state index contributed by atoms with van der Waals surface area (Å²) in [5.41, 5.74) is 0.125. The normalized spacial score (nSPS) is 13.5. The van der Waals surface area contributed by atoms with E-state index in [1.54, 1.807) is 0 Å². The highest BCUT2D eigenvalue weighted by molar-refractivity contribution is 5.66. The van der Waals surface area contributed by atoms with Gasteiger partial charge in [-0.15, -0.1) is 0 Å². The summed E-state index contributed by atoms with van der Waals surface area (Å²) in [6, 6.07) is 0. The van der Waals surface area contributed by atoms with Crippen LogP contribution in [0.2, 0.25) is 0 Å². The maximum Gasteiger partial charge on any atom is 0.303 e. The molecule has 1 unspecified atom stereocenters. The Balaban J connectivity index is 3.84. The number of aliphatic hydroxyl groups is 1. The fourth-order valence-corrected chi connectivity index (χ4v) is 2.86. The molecule has 0 aliphatic heterocycles. The molecule has 0 saturated heterocycles. The van der Waals surface area contributed by atoms with Crippen molar-refractivity contribution in [3.63, 3.8) is 0 Å². The number of ether oxygens (including phenoxy) is 1. The maximum absolute atomic E-state index is 10.6. The van der Waals surface area contributed by atoms with E-state index in [-0.39, 0.29) is 23.4 Å². The second-order valence-corrected chi connectivity index (χ2v) is 8.38. The van der Waals surface area contributed by atoms with Gasteiger partial charge >= 0.3 is 5.97 Å².